The van der Waals surface area contributed by atoms with E-state index in [1.165, 1.54) is 4.90 Å². The molecule has 3 amide bonds. The Morgan fingerprint density at radius 3 is 2.59 bits per heavy atom. The Labute approximate surface area is 198 Å². The first-order valence-corrected chi connectivity index (χ1v) is 11.6. The van der Waals surface area contributed by atoms with Crippen LogP contribution in [0, 0.1) is 5.92 Å². The summed E-state index contributed by atoms with van der Waals surface area (Å²) in [6.45, 7) is 3.98. The summed E-state index contributed by atoms with van der Waals surface area (Å²) in [5, 5.41) is 15.8. The van der Waals surface area contributed by atoms with Gasteiger partial charge in [0.1, 0.15) is 18.1 Å². The summed E-state index contributed by atoms with van der Waals surface area (Å²) in [6.07, 6.45) is 3.34. The molecule has 1 aromatic heterocycles. The van der Waals surface area contributed by atoms with Crippen molar-refractivity contribution >= 4 is 34.6 Å². The van der Waals surface area contributed by atoms with E-state index in [1.807, 2.05) is 38.1 Å². The minimum Gasteiger partial charge on any atom is -0.480 e. The zero-order chi connectivity index (χ0) is 24.8. The zero-order valence-electron chi connectivity index (χ0n) is 19.5. The van der Waals surface area contributed by atoms with Crippen molar-refractivity contribution in [3.8, 4) is 0 Å². The number of carboxylic acid groups (broad SMARTS) is 1. The number of aromatic nitrogens is 1. The average molecular weight is 472 g/mol. The van der Waals surface area contributed by atoms with Crippen LogP contribution in [-0.4, -0.2) is 69.9 Å². The molecule has 1 fully saturated rings. The smallest absolute Gasteiger partial charge is 0.326 e. The highest BCUT2D eigenvalue weighted by Gasteiger charge is 2.36. The second-order valence-electron chi connectivity index (χ2n) is 9.10. The lowest BCUT2D eigenvalue weighted by Crippen LogP contribution is -2.56. The van der Waals surface area contributed by atoms with Gasteiger partial charge in [-0.05, 0) is 36.8 Å². The molecule has 10 nitrogen and oxygen atoms in total. The standard InChI is InChI=1S/C24H33N5O5/c1-14(2)10-19(24(33)34)28-22(31)18(11-15-13-26-17-7-4-3-6-16(15)17)27-23(32)20-8-5-9-29(20)21(30)12-25/h3-4,6-7,13-14,18-20,26H,5,8-12,25H2,1-2H3,(H,27,32)(H,28,31)(H,33,34)/t18-,19-,20-/m0/s1. The van der Waals surface area contributed by atoms with Gasteiger partial charge in [-0.2, -0.15) is 0 Å². The van der Waals surface area contributed by atoms with E-state index in [0.29, 0.717) is 19.4 Å². The largest absolute Gasteiger partial charge is 0.480 e. The molecule has 6 N–H and O–H groups in total. The first-order chi connectivity index (χ1) is 16.2. The number of benzene rings is 1. The summed E-state index contributed by atoms with van der Waals surface area (Å²) in [4.78, 5) is 54.8. The maximum Gasteiger partial charge on any atom is 0.326 e. The fourth-order valence-corrected chi connectivity index (χ4v) is 4.42. The Kier molecular flexibility index (Phi) is 8.27. The molecule has 1 saturated heterocycles. The minimum absolute atomic E-state index is 0.0531. The predicted octanol–water partition coefficient (Wildman–Crippen LogP) is 0.760. The van der Waals surface area contributed by atoms with Crippen LogP contribution >= 0.6 is 0 Å². The van der Waals surface area contributed by atoms with Gasteiger partial charge in [-0.15, -0.1) is 0 Å². The van der Waals surface area contributed by atoms with Crippen LogP contribution in [0.3, 0.4) is 0 Å². The van der Waals surface area contributed by atoms with Crippen molar-refractivity contribution in [3.05, 3.63) is 36.0 Å². The monoisotopic (exact) mass is 471 g/mol. The predicted molar refractivity (Wildman–Crippen MR) is 127 cm³/mol. The molecule has 0 radical (unpaired) electrons. The van der Waals surface area contributed by atoms with Gasteiger partial charge >= 0.3 is 5.97 Å². The van der Waals surface area contributed by atoms with Gasteiger partial charge in [0.05, 0.1) is 6.54 Å². The zero-order valence-corrected chi connectivity index (χ0v) is 19.5. The van der Waals surface area contributed by atoms with E-state index < -0.39 is 35.9 Å². The summed E-state index contributed by atoms with van der Waals surface area (Å²) in [7, 11) is 0. The number of nitrogens with zero attached hydrogens (tertiary/aromatic N) is 1. The number of rotatable bonds is 10. The van der Waals surface area contributed by atoms with Gasteiger partial charge in [-0.1, -0.05) is 32.0 Å². The highest BCUT2D eigenvalue weighted by molar-refractivity contribution is 5.94. The molecule has 10 heteroatoms. The van der Waals surface area contributed by atoms with Crippen molar-refractivity contribution in [2.75, 3.05) is 13.1 Å². The fourth-order valence-electron chi connectivity index (χ4n) is 4.42. The van der Waals surface area contributed by atoms with Crippen LogP contribution in [0.4, 0.5) is 0 Å². The molecular formula is C24H33N5O5. The summed E-state index contributed by atoms with van der Waals surface area (Å²) in [6, 6.07) is 4.79. The summed E-state index contributed by atoms with van der Waals surface area (Å²) in [5.74, 6) is -2.43. The second-order valence-corrected chi connectivity index (χ2v) is 9.10. The molecule has 0 saturated carbocycles. The lowest BCUT2D eigenvalue weighted by Gasteiger charge is -2.27. The SMILES string of the molecule is CC(C)C[C@H](NC(=O)[C@H](Cc1c[nH]c2ccccc12)NC(=O)[C@@H]1CCCN1C(=O)CN)C(=O)O. The molecular weight excluding hydrogens is 438 g/mol. The Balaban J connectivity index is 1.83. The number of likely N-dealkylation sites (tertiary alicyclic amines) is 1. The number of H-pyrrole nitrogens is 1. The number of hydrogen-bond donors (Lipinski definition) is 5. The maximum atomic E-state index is 13.2. The van der Waals surface area contributed by atoms with Gasteiger partial charge in [0.25, 0.3) is 0 Å². The molecule has 2 heterocycles. The maximum absolute atomic E-state index is 13.2. The lowest BCUT2D eigenvalue weighted by atomic mass is 10.0. The fraction of sp³-hybridized carbons (Fsp3) is 0.500. The number of carbonyl (C=O) groups excluding carboxylic acids is 3. The first-order valence-electron chi connectivity index (χ1n) is 11.6. The molecule has 3 rings (SSSR count). The van der Waals surface area contributed by atoms with Gasteiger partial charge in [-0.25, -0.2) is 4.79 Å². The molecule has 184 valence electrons. The van der Waals surface area contributed by atoms with Crippen molar-refractivity contribution in [2.24, 2.45) is 11.7 Å². The quantitative estimate of drug-likeness (QED) is 0.344. The third-order valence-electron chi connectivity index (χ3n) is 6.10. The molecule has 3 atom stereocenters. The van der Waals surface area contributed by atoms with E-state index in [0.717, 1.165) is 16.5 Å². The number of carbonyl (C=O) groups is 4. The van der Waals surface area contributed by atoms with E-state index >= 15 is 0 Å². The number of nitrogens with one attached hydrogen (secondary N) is 3. The third kappa shape index (κ3) is 5.93. The normalized spacial score (nSPS) is 17.5. The molecule has 1 aliphatic heterocycles. The topological polar surface area (TPSA) is 158 Å². The van der Waals surface area contributed by atoms with E-state index in [9.17, 15) is 24.3 Å². The molecule has 34 heavy (non-hydrogen) atoms. The molecule has 2 aromatic rings. The van der Waals surface area contributed by atoms with Crippen LogP contribution in [0.5, 0.6) is 0 Å². The van der Waals surface area contributed by atoms with Gasteiger partial charge in [0.15, 0.2) is 0 Å². The molecule has 1 aromatic carbocycles. The molecule has 0 aliphatic carbocycles. The van der Waals surface area contributed by atoms with Crippen LogP contribution in [0.25, 0.3) is 10.9 Å². The van der Waals surface area contributed by atoms with Gasteiger partial charge in [-0.3, -0.25) is 14.4 Å². The van der Waals surface area contributed by atoms with Crippen molar-refractivity contribution < 1.29 is 24.3 Å². The van der Waals surface area contributed by atoms with Crippen LogP contribution < -0.4 is 16.4 Å². The molecule has 0 unspecified atom stereocenters. The van der Waals surface area contributed by atoms with Gasteiger partial charge < -0.3 is 31.4 Å². The number of hydrogen-bond acceptors (Lipinski definition) is 5. The van der Waals surface area contributed by atoms with Crippen LogP contribution in [-0.2, 0) is 25.6 Å². The highest BCUT2D eigenvalue weighted by Crippen LogP contribution is 2.21. The highest BCUT2D eigenvalue weighted by atomic mass is 16.4. The number of nitrogens with two attached hydrogens (primary N) is 1. The van der Waals surface area contributed by atoms with E-state index in [2.05, 4.69) is 15.6 Å². The summed E-state index contributed by atoms with van der Waals surface area (Å²) < 4.78 is 0. The number of carboxylic acids is 1. The number of aliphatic carboxylic acids is 1. The van der Waals surface area contributed by atoms with Crippen LogP contribution in [0.15, 0.2) is 30.5 Å². The summed E-state index contributed by atoms with van der Waals surface area (Å²) in [5.41, 5.74) is 7.19. The van der Waals surface area contributed by atoms with Crippen molar-refractivity contribution in [3.63, 3.8) is 0 Å². The third-order valence-corrected chi connectivity index (χ3v) is 6.10. The molecule has 0 bridgehead atoms. The molecule has 1 aliphatic rings. The van der Waals surface area contributed by atoms with Gasteiger partial charge in [0.2, 0.25) is 17.7 Å². The van der Waals surface area contributed by atoms with Gasteiger partial charge in [0, 0.05) is 30.1 Å². The van der Waals surface area contributed by atoms with Crippen molar-refractivity contribution in [2.45, 2.75) is 57.7 Å². The Bertz CT molecular complexity index is 1050. The average Bonchev–Trinajstić information content (AvgIpc) is 3.45. The van der Waals surface area contributed by atoms with E-state index in [1.54, 1.807) is 6.20 Å². The number of fused-ring (bicyclic) bond motifs is 1. The first kappa shape index (κ1) is 25.2. The molecule has 0 spiro atoms. The van der Waals surface area contributed by atoms with Crippen molar-refractivity contribution in [1.82, 2.24) is 20.5 Å². The van der Waals surface area contributed by atoms with Crippen LogP contribution in [0.2, 0.25) is 0 Å². The number of aromatic amines is 1. The minimum atomic E-state index is -1.13. The van der Waals surface area contributed by atoms with E-state index in [4.69, 9.17) is 5.73 Å². The van der Waals surface area contributed by atoms with Crippen molar-refractivity contribution in [1.29, 1.82) is 0 Å². The Morgan fingerprint density at radius 1 is 1.18 bits per heavy atom. The van der Waals surface area contributed by atoms with E-state index in [-0.39, 0.29) is 31.2 Å². The Hall–Kier alpha value is -3.40. The number of para-hydroxylation sites is 1. The summed E-state index contributed by atoms with van der Waals surface area (Å²) >= 11 is 0. The second kappa shape index (κ2) is 11.1. The Morgan fingerprint density at radius 2 is 1.91 bits per heavy atom. The number of amides is 3. The van der Waals surface area contributed by atoms with Crippen LogP contribution in [0.1, 0.15) is 38.7 Å². The lowest BCUT2D eigenvalue weighted by molar-refractivity contribution is -0.143.